The number of para-hydroxylation sites is 1. The van der Waals surface area contributed by atoms with Crippen molar-refractivity contribution >= 4 is 51.4 Å². The Balaban J connectivity index is 1.29. The van der Waals surface area contributed by atoms with Crippen molar-refractivity contribution in [2.24, 2.45) is 5.10 Å². The predicted octanol–water partition coefficient (Wildman–Crippen LogP) is 4.50. The average molecular weight is 438 g/mol. The van der Waals surface area contributed by atoms with Crippen LogP contribution in [0.25, 0.3) is 21.5 Å². The molecule has 0 saturated heterocycles. The molecule has 1 amide bonds. The van der Waals surface area contributed by atoms with E-state index < -0.39 is 5.97 Å². The summed E-state index contributed by atoms with van der Waals surface area (Å²) >= 11 is 2.91. The Morgan fingerprint density at radius 2 is 1.93 bits per heavy atom. The highest BCUT2D eigenvalue weighted by Crippen LogP contribution is 2.29. The number of thiazole rings is 1. The Morgan fingerprint density at radius 3 is 2.70 bits per heavy atom. The van der Waals surface area contributed by atoms with Gasteiger partial charge in [-0.3, -0.25) is 4.79 Å². The summed E-state index contributed by atoms with van der Waals surface area (Å²) < 4.78 is 7.57. The third-order valence-electron chi connectivity index (χ3n) is 4.03. The number of hydrogen-bond acceptors (Lipinski definition) is 7. The van der Waals surface area contributed by atoms with E-state index in [1.165, 1.54) is 30.1 Å². The zero-order valence-corrected chi connectivity index (χ0v) is 17.1. The molecule has 9 heteroatoms. The molecule has 4 aromatic rings. The summed E-state index contributed by atoms with van der Waals surface area (Å²) in [6.45, 7) is 0. The molecule has 2 aromatic carbocycles. The molecule has 0 saturated carbocycles. The first-order chi connectivity index (χ1) is 14.6. The number of hydrazone groups is 1. The standard InChI is InChI=1S/C21H15N3O4S2/c25-19(12-29-21-23-16-3-1-2-4-18(16)30-21)24-22-11-15-9-10-17(28-15)13-5-7-14(8-6-13)20(26)27/h1-11H,12H2,(H,24,25)(H,26,27). The van der Waals surface area contributed by atoms with Crippen molar-refractivity contribution in [2.75, 3.05) is 5.75 Å². The molecule has 4 rings (SSSR count). The monoisotopic (exact) mass is 437 g/mol. The van der Waals surface area contributed by atoms with Gasteiger partial charge in [-0.25, -0.2) is 15.2 Å². The van der Waals surface area contributed by atoms with Crippen molar-refractivity contribution in [3.05, 3.63) is 72.0 Å². The first-order valence-corrected chi connectivity index (χ1v) is 10.6. The quantitative estimate of drug-likeness (QED) is 0.251. The van der Waals surface area contributed by atoms with Crippen LogP contribution in [0.15, 0.2) is 74.5 Å². The molecule has 0 spiro atoms. The van der Waals surface area contributed by atoms with Crippen molar-refractivity contribution in [1.29, 1.82) is 0 Å². The van der Waals surface area contributed by atoms with Crippen LogP contribution in [0.1, 0.15) is 16.1 Å². The zero-order chi connectivity index (χ0) is 20.9. The third-order valence-corrected chi connectivity index (χ3v) is 6.20. The Bertz CT molecular complexity index is 1200. The molecule has 2 aromatic heterocycles. The summed E-state index contributed by atoms with van der Waals surface area (Å²) in [6, 6.07) is 17.7. The molecule has 150 valence electrons. The molecule has 7 nitrogen and oxygen atoms in total. The van der Waals surface area contributed by atoms with Crippen molar-refractivity contribution < 1.29 is 19.1 Å². The lowest BCUT2D eigenvalue weighted by atomic mass is 10.1. The van der Waals surface area contributed by atoms with Crippen molar-refractivity contribution in [3.63, 3.8) is 0 Å². The Labute approximate surface area is 179 Å². The largest absolute Gasteiger partial charge is 0.478 e. The number of benzene rings is 2. The van der Waals surface area contributed by atoms with Gasteiger partial charge in [0, 0.05) is 5.56 Å². The van der Waals surface area contributed by atoms with Gasteiger partial charge in [0.05, 0.1) is 27.7 Å². The van der Waals surface area contributed by atoms with Crippen molar-refractivity contribution in [1.82, 2.24) is 10.4 Å². The molecular formula is C21H15N3O4S2. The number of thioether (sulfide) groups is 1. The van der Waals surface area contributed by atoms with Crippen LogP contribution in [-0.2, 0) is 4.79 Å². The fourth-order valence-corrected chi connectivity index (χ4v) is 4.46. The number of aromatic nitrogens is 1. The minimum absolute atomic E-state index is 0.205. The van der Waals surface area contributed by atoms with E-state index in [-0.39, 0.29) is 17.2 Å². The van der Waals surface area contributed by atoms with Crippen LogP contribution in [0.3, 0.4) is 0 Å². The second-order valence-corrected chi connectivity index (χ2v) is 8.37. The Morgan fingerprint density at radius 1 is 1.13 bits per heavy atom. The van der Waals surface area contributed by atoms with Crippen molar-refractivity contribution in [2.45, 2.75) is 4.34 Å². The number of furan rings is 1. The van der Waals surface area contributed by atoms with E-state index >= 15 is 0 Å². The summed E-state index contributed by atoms with van der Waals surface area (Å²) in [5, 5.41) is 12.9. The number of fused-ring (bicyclic) bond motifs is 1. The van der Waals surface area contributed by atoms with Crippen LogP contribution in [-0.4, -0.2) is 33.9 Å². The number of amides is 1. The Kier molecular flexibility index (Phi) is 5.92. The molecule has 0 atom stereocenters. The smallest absolute Gasteiger partial charge is 0.335 e. The van der Waals surface area contributed by atoms with Crippen LogP contribution >= 0.6 is 23.1 Å². The molecule has 0 aliphatic rings. The van der Waals surface area contributed by atoms with E-state index in [0.29, 0.717) is 11.5 Å². The Hall–Kier alpha value is -3.43. The van der Waals surface area contributed by atoms with Crippen LogP contribution in [0.4, 0.5) is 0 Å². The van der Waals surface area contributed by atoms with E-state index in [1.54, 1.807) is 35.6 Å². The van der Waals surface area contributed by atoms with Gasteiger partial charge >= 0.3 is 5.97 Å². The normalized spacial score (nSPS) is 11.2. The summed E-state index contributed by atoms with van der Waals surface area (Å²) in [7, 11) is 0. The molecule has 0 fully saturated rings. The number of nitrogens with one attached hydrogen (secondary N) is 1. The van der Waals surface area contributed by atoms with Crippen LogP contribution in [0.5, 0.6) is 0 Å². The summed E-state index contributed by atoms with van der Waals surface area (Å²) in [5.74, 6) is 0.0196. The molecule has 2 N–H and O–H groups in total. The number of carboxylic acid groups (broad SMARTS) is 1. The van der Waals surface area contributed by atoms with Gasteiger partial charge < -0.3 is 9.52 Å². The average Bonchev–Trinajstić information content (AvgIpc) is 3.39. The molecule has 30 heavy (non-hydrogen) atoms. The van der Waals surface area contributed by atoms with E-state index in [9.17, 15) is 9.59 Å². The minimum Gasteiger partial charge on any atom is -0.478 e. The minimum atomic E-state index is -0.981. The SMILES string of the molecule is O=C(CSc1nc2ccccc2s1)NN=Cc1ccc(-c2ccc(C(=O)O)cc2)o1. The van der Waals surface area contributed by atoms with Gasteiger partial charge in [-0.05, 0) is 36.4 Å². The van der Waals surface area contributed by atoms with Crippen LogP contribution in [0, 0.1) is 0 Å². The van der Waals surface area contributed by atoms with E-state index in [0.717, 1.165) is 20.1 Å². The lowest BCUT2D eigenvalue weighted by molar-refractivity contribution is -0.118. The van der Waals surface area contributed by atoms with Crippen molar-refractivity contribution in [3.8, 4) is 11.3 Å². The molecular weight excluding hydrogens is 422 g/mol. The topological polar surface area (TPSA) is 105 Å². The number of carbonyl (C=O) groups is 2. The maximum Gasteiger partial charge on any atom is 0.335 e. The number of nitrogens with zero attached hydrogens (tertiary/aromatic N) is 2. The molecule has 2 heterocycles. The predicted molar refractivity (Wildman–Crippen MR) is 117 cm³/mol. The van der Waals surface area contributed by atoms with Gasteiger partial charge in [-0.1, -0.05) is 36.0 Å². The maximum atomic E-state index is 12.0. The lowest BCUT2D eigenvalue weighted by Crippen LogP contribution is -2.19. The number of aromatic carboxylic acids is 1. The molecule has 0 radical (unpaired) electrons. The number of rotatable bonds is 7. The van der Waals surface area contributed by atoms with E-state index in [1.807, 2.05) is 24.3 Å². The summed E-state index contributed by atoms with van der Waals surface area (Å²) in [5.41, 5.74) is 4.34. The van der Waals surface area contributed by atoms with E-state index in [2.05, 4.69) is 15.5 Å². The fraction of sp³-hybridized carbons (Fsp3) is 0.0476. The number of carboxylic acids is 1. The van der Waals surface area contributed by atoms with Gasteiger partial charge in [0.15, 0.2) is 4.34 Å². The van der Waals surface area contributed by atoms with Crippen LogP contribution in [0.2, 0.25) is 0 Å². The second kappa shape index (κ2) is 8.93. The van der Waals surface area contributed by atoms with Crippen LogP contribution < -0.4 is 5.43 Å². The van der Waals surface area contributed by atoms with E-state index in [4.69, 9.17) is 9.52 Å². The molecule has 0 aliphatic heterocycles. The fourth-order valence-electron chi connectivity index (χ4n) is 2.59. The molecule has 0 aliphatic carbocycles. The molecule has 0 bridgehead atoms. The highest BCUT2D eigenvalue weighted by Gasteiger charge is 2.08. The highest BCUT2D eigenvalue weighted by molar-refractivity contribution is 8.01. The summed E-state index contributed by atoms with van der Waals surface area (Å²) in [6.07, 6.45) is 1.41. The number of hydrogen-bond donors (Lipinski definition) is 2. The summed E-state index contributed by atoms with van der Waals surface area (Å²) in [4.78, 5) is 27.4. The van der Waals surface area contributed by atoms with Gasteiger partial charge in [0.25, 0.3) is 5.91 Å². The van der Waals surface area contributed by atoms with Gasteiger partial charge in [0.2, 0.25) is 0 Å². The van der Waals surface area contributed by atoms with Gasteiger partial charge in [-0.15, -0.1) is 11.3 Å². The third kappa shape index (κ3) is 4.76. The number of carbonyl (C=O) groups excluding carboxylic acids is 1. The first kappa shape index (κ1) is 19.9. The lowest BCUT2D eigenvalue weighted by Gasteiger charge is -1.98. The maximum absolute atomic E-state index is 12.0. The van der Waals surface area contributed by atoms with Gasteiger partial charge in [-0.2, -0.15) is 5.10 Å². The zero-order valence-electron chi connectivity index (χ0n) is 15.4. The molecule has 0 unspecified atom stereocenters. The first-order valence-electron chi connectivity index (χ1n) is 8.82. The van der Waals surface area contributed by atoms with Gasteiger partial charge in [0.1, 0.15) is 11.5 Å². The second-order valence-electron chi connectivity index (χ2n) is 6.11. The highest BCUT2D eigenvalue weighted by atomic mass is 32.2.